The van der Waals surface area contributed by atoms with Crippen molar-refractivity contribution in [1.82, 2.24) is 54.8 Å². The van der Waals surface area contributed by atoms with Crippen molar-refractivity contribution in [3.63, 3.8) is 0 Å². The summed E-state index contributed by atoms with van der Waals surface area (Å²) in [5, 5.41) is 19.6. The first-order valence-electron chi connectivity index (χ1n) is 16.8. The number of carboxylic acid groups (broad SMARTS) is 1. The highest BCUT2D eigenvalue weighted by Crippen LogP contribution is 2.32. The van der Waals surface area contributed by atoms with Crippen LogP contribution in [-0.4, -0.2) is 66.4 Å². The van der Waals surface area contributed by atoms with Crippen molar-refractivity contribution in [2.24, 2.45) is 5.73 Å². The molecule has 4 N–H and O–H groups in total. The standard InChI is InChI=1S/C19H20N6O.C13H10F3N3O2.C6H9N3.CH4/c1-13-8-14(2)10-16(9-13)19-22-12-25(24-19)7-4-18(26)23-15(3)17-11-20-5-6-21-17;1-8-4-9(6-10(5-8)13(14,15)16)12-17-7-19(18-12)3-2-11(20)21;1-5(7)6-4-8-2-3-9-6;/h4-12,15H,1-3H3,(H,23,26);2-7H,1H3,(H,20,21);2-5H,7H2,1H3;1H4/b7-4-;3-2-;;. The molecule has 0 spiro atoms. The number of nitrogens with two attached hydrogens (primary N) is 1. The van der Waals surface area contributed by atoms with E-state index in [1.54, 1.807) is 56.6 Å². The molecule has 0 bridgehead atoms. The van der Waals surface area contributed by atoms with E-state index < -0.39 is 17.7 Å². The minimum Gasteiger partial charge on any atom is -0.478 e. The summed E-state index contributed by atoms with van der Waals surface area (Å²) >= 11 is 0. The quantitative estimate of drug-likeness (QED) is 0.132. The summed E-state index contributed by atoms with van der Waals surface area (Å²) in [6, 6.07) is 9.43. The molecule has 6 rings (SSSR count). The monoisotopic (exact) mass is 784 g/mol. The SMILES string of the molecule is C.CC(N)c1cnccn1.Cc1cc(-c2ncn(/C=C\C(=O)O)n2)cc(C(F)(F)F)c1.Cc1cc(C)cc(-c2ncn(/C=C\C(=O)NC(C)c3cnccn3)n2)c1. The van der Waals surface area contributed by atoms with Crippen LogP contribution in [0.25, 0.3) is 35.2 Å². The zero-order valence-electron chi connectivity index (χ0n) is 31.0. The van der Waals surface area contributed by atoms with Gasteiger partial charge in [-0.3, -0.25) is 24.7 Å². The van der Waals surface area contributed by atoms with Crippen molar-refractivity contribution in [3.8, 4) is 22.8 Å². The van der Waals surface area contributed by atoms with Gasteiger partial charge in [0.1, 0.15) is 12.7 Å². The Kier molecular flexibility index (Phi) is 16.1. The molecule has 15 nitrogen and oxygen atoms in total. The molecule has 2 atom stereocenters. The Bertz CT molecular complexity index is 2250. The lowest BCUT2D eigenvalue weighted by Crippen LogP contribution is -2.25. The number of aryl methyl sites for hydroxylation is 3. The molecule has 0 radical (unpaired) electrons. The van der Waals surface area contributed by atoms with Gasteiger partial charge in [-0.05, 0) is 70.5 Å². The summed E-state index contributed by atoms with van der Waals surface area (Å²) in [6.07, 6.45) is 13.0. The third-order valence-electron chi connectivity index (χ3n) is 7.34. The van der Waals surface area contributed by atoms with Gasteiger partial charge in [-0.1, -0.05) is 24.6 Å². The highest BCUT2D eigenvalue weighted by molar-refractivity contribution is 5.90. The number of rotatable bonds is 9. The van der Waals surface area contributed by atoms with E-state index >= 15 is 0 Å². The minimum atomic E-state index is -4.45. The largest absolute Gasteiger partial charge is 0.478 e. The lowest BCUT2D eigenvalue weighted by atomic mass is 10.1. The summed E-state index contributed by atoms with van der Waals surface area (Å²) in [5.41, 5.74) is 10.2. The van der Waals surface area contributed by atoms with Gasteiger partial charge in [-0.2, -0.15) is 13.2 Å². The Morgan fingerprint density at radius 1 is 0.737 bits per heavy atom. The molecule has 6 aromatic rings. The lowest BCUT2D eigenvalue weighted by Gasteiger charge is -2.10. The van der Waals surface area contributed by atoms with Crippen LogP contribution in [0.5, 0.6) is 0 Å². The topological polar surface area (TPSA) is 205 Å². The first-order chi connectivity index (χ1) is 26.6. The predicted molar refractivity (Wildman–Crippen MR) is 208 cm³/mol. The first-order valence-corrected chi connectivity index (χ1v) is 16.8. The number of aliphatic carboxylic acids is 1. The van der Waals surface area contributed by atoms with Crippen molar-refractivity contribution < 1.29 is 27.9 Å². The number of aromatic nitrogens is 10. The van der Waals surface area contributed by atoms with Crippen LogP contribution in [0.1, 0.15) is 67.0 Å². The number of nitrogens with zero attached hydrogens (tertiary/aromatic N) is 10. The molecule has 0 saturated carbocycles. The molecule has 4 heterocycles. The summed E-state index contributed by atoms with van der Waals surface area (Å²) in [6.45, 7) is 9.35. The van der Waals surface area contributed by atoms with Gasteiger partial charge < -0.3 is 16.2 Å². The van der Waals surface area contributed by atoms with Crippen LogP contribution in [0.2, 0.25) is 0 Å². The maximum Gasteiger partial charge on any atom is 0.416 e. The van der Waals surface area contributed by atoms with Gasteiger partial charge in [-0.25, -0.2) is 24.1 Å². The zero-order valence-corrected chi connectivity index (χ0v) is 31.0. The van der Waals surface area contributed by atoms with Gasteiger partial charge in [0.05, 0.1) is 29.2 Å². The molecule has 0 aliphatic carbocycles. The van der Waals surface area contributed by atoms with Gasteiger partial charge in [0, 0.05) is 72.7 Å². The maximum absolute atomic E-state index is 12.8. The fraction of sp³-hybridized carbons (Fsp3) is 0.231. The Hall–Kier alpha value is -6.95. The third-order valence-corrected chi connectivity index (χ3v) is 7.34. The fourth-order valence-electron chi connectivity index (χ4n) is 4.84. The maximum atomic E-state index is 12.8. The third kappa shape index (κ3) is 14.3. The lowest BCUT2D eigenvalue weighted by molar-refractivity contribution is -0.137. The molecule has 1 amide bonds. The Labute approximate surface area is 327 Å². The number of carboxylic acids is 1. The minimum absolute atomic E-state index is 0. The Morgan fingerprint density at radius 3 is 1.68 bits per heavy atom. The molecule has 2 aromatic carbocycles. The number of halogens is 3. The summed E-state index contributed by atoms with van der Waals surface area (Å²) < 4.78 is 40.9. The van der Waals surface area contributed by atoms with E-state index in [1.807, 2.05) is 39.8 Å². The van der Waals surface area contributed by atoms with Crippen LogP contribution in [0.3, 0.4) is 0 Å². The van der Waals surface area contributed by atoms with Crippen LogP contribution >= 0.6 is 0 Å². The van der Waals surface area contributed by atoms with Crippen LogP contribution in [-0.2, 0) is 15.8 Å². The number of alkyl halides is 3. The van der Waals surface area contributed by atoms with Crippen LogP contribution in [0.15, 0.2) is 98.4 Å². The molecule has 4 aromatic heterocycles. The number of nitrogens with one attached hydrogen (secondary N) is 1. The highest BCUT2D eigenvalue weighted by Gasteiger charge is 2.31. The van der Waals surface area contributed by atoms with E-state index in [9.17, 15) is 22.8 Å². The number of benzene rings is 2. The highest BCUT2D eigenvalue weighted by atomic mass is 19.4. The second-order valence-corrected chi connectivity index (χ2v) is 12.3. The molecule has 0 saturated heterocycles. The number of carbonyl (C=O) groups excluding carboxylic acids is 1. The van der Waals surface area contributed by atoms with Crippen molar-refractivity contribution in [3.05, 3.63) is 132 Å². The number of amides is 1. The molecule has 0 aliphatic rings. The average Bonchev–Trinajstić information content (AvgIpc) is 3.84. The molecule has 18 heteroatoms. The van der Waals surface area contributed by atoms with Gasteiger partial charge in [0.25, 0.3) is 0 Å². The first kappa shape index (κ1) is 44.4. The normalized spacial score (nSPS) is 12.1. The van der Waals surface area contributed by atoms with Crippen molar-refractivity contribution in [2.45, 2.75) is 60.3 Å². The second kappa shape index (κ2) is 20.7. The molecule has 57 heavy (non-hydrogen) atoms. The van der Waals surface area contributed by atoms with E-state index in [4.69, 9.17) is 10.8 Å². The van der Waals surface area contributed by atoms with Gasteiger partial charge in [0.2, 0.25) is 5.91 Å². The van der Waals surface area contributed by atoms with Crippen molar-refractivity contribution in [1.29, 1.82) is 0 Å². The van der Waals surface area contributed by atoms with Crippen molar-refractivity contribution >= 4 is 24.3 Å². The van der Waals surface area contributed by atoms with E-state index in [0.29, 0.717) is 17.1 Å². The molecule has 2 unspecified atom stereocenters. The van der Waals surface area contributed by atoms with Crippen LogP contribution in [0.4, 0.5) is 13.2 Å². The number of carbonyl (C=O) groups is 2. The Balaban J connectivity index is 0.000000251. The number of hydrogen-bond donors (Lipinski definition) is 3. The van der Waals surface area contributed by atoms with Gasteiger partial charge >= 0.3 is 12.1 Å². The second-order valence-electron chi connectivity index (χ2n) is 12.3. The molecular weight excluding hydrogens is 742 g/mol. The summed E-state index contributed by atoms with van der Waals surface area (Å²) in [7, 11) is 0. The smallest absolute Gasteiger partial charge is 0.416 e. The summed E-state index contributed by atoms with van der Waals surface area (Å²) in [5.74, 6) is -0.706. The molecule has 298 valence electrons. The van der Waals surface area contributed by atoms with E-state index in [1.165, 1.54) is 23.2 Å². The number of hydrogen-bond acceptors (Lipinski definition) is 11. The van der Waals surface area contributed by atoms with Gasteiger partial charge in [-0.15, -0.1) is 10.2 Å². The Morgan fingerprint density at radius 2 is 1.23 bits per heavy atom. The molecule has 0 fully saturated rings. The molecular formula is C39H43F3N12O3. The van der Waals surface area contributed by atoms with E-state index in [0.717, 1.165) is 51.5 Å². The summed E-state index contributed by atoms with van der Waals surface area (Å²) in [4.78, 5) is 46.6. The zero-order chi connectivity index (χ0) is 40.8. The van der Waals surface area contributed by atoms with Gasteiger partial charge in [0.15, 0.2) is 11.6 Å². The molecule has 0 aliphatic heterocycles. The van der Waals surface area contributed by atoms with Crippen LogP contribution in [0, 0.1) is 20.8 Å². The van der Waals surface area contributed by atoms with Crippen LogP contribution < -0.4 is 11.1 Å². The van der Waals surface area contributed by atoms with E-state index in [2.05, 4.69) is 51.5 Å². The average molecular weight is 785 g/mol. The predicted octanol–water partition coefficient (Wildman–Crippen LogP) is 6.66. The fourth-order valence-corrected chi connectivity index (χ4v) is 4.84. The van der Waals surface area contributed by atoms with E-state index in [-0.39, 0.29) is 36.8 Å². The van der Waals surface area contributed by atoms with Crippen molar-refractivity contribution in [2.75, 3.05) is 0 Å².